The highest BCUT2D eigenvalue weighted by molar-refractivity contribution is 6.31. The molecule has 0 fully saturated rings. The lowest BCUT2D eigenvalue weighted by Crippen LogP contribution is -2.06. The van der Waals surface area contributed by atoms with Gasteiger partial charge in [0.15, 0.2) is 11.5 Å². The Morgan fingerprint density at radius 1 is 1.10 bits per heavy atom. The van der Waals surface area contributed by atoms with Gasteiger partial charge in [-0.25, -0.2) is 0 Å². The molecule has 0 spiro atoms. The van der Waals surface area contributed by atoms with Crippen LogP contribution in [0.25, 0.3) is 0 Å². The minimum absolute atomic E-state index is 0.233. The molecule has 1 N–H and O–H groups in total. The highest BCUT2D eigenvalue weighted by Gasteiger charge is 2.25. The first-order valence-corrected chi connectivity index (χ1v) is 7.28. The molecule has 110 valence electrons. The van der Waals surface area contributed by atoms with Gasteiger partial charge in [0.2, 0.25) is 0 Å². The predicted molar refractivity (Wildman–Crippen MR) is 85.8 cm³/mol. The van der Waals surface area contributed by atoms with Crippen LogP contribution in [0.1, 0.15) is 22.7 Å². The van der Waals surface area contributed by atoms with E-state index in [2.05, 4.69) is 17.4 Å². The summed E-state index contributed by atoms with van der Waals surface area (Å²) in [7, 11) is 3.30. The molecule has 21 heavy (non-hydrogen) atoms. The first kappa shape index (κ1) is 14.1. The van der Waals surface area contributed by atoms with E-state index < -0.39 is 0 Å². The molecule has 0 bridgehead atoms. The fourth-order valence-corrected chi connectivity index (χ4v) is 2.99. The largest absolute Gasteiger partial charge is 0.493 e. The number of nitrogens with one attached hydrogen (secondary N) is 1. The number of rotatable bonds is 3. The van der Waals surface area contributed by atoms with Crippen molar-refractivity contribution in [3.8, 4) is 11.5 Å². The summed E-state index contributed by atoms with van der Waals surface area (Å²) in [5, 5.41) is 4.37. The average Bonchev–Trinajstić information content (AvgIpc) is 2.95. The van der Waals surface area contributed by atoms with Crippen molar-refractivity contribution < 1.29 is 9.47 Å². The number of hydrogen-bond acceptors (Lipinski definition) is 3. The number of anilines is 1. The highest BCUT2D eigenvalue weighted by atomic mass is 35.5. The van der Waals surface area contributed by atoms with Crippen molar-refractivity contribution in [1.29, 1.82) is 0 Å². The Morgan fingerprint density at radius 3 is 2.57 bits per heavy atom. The Kier molecular flexibility index (Phi) is 3.68. The van der Waals surface area contributed by atoms with E-state index in [1.165, 1.54) is 11.1 Å². The minimum Gasteiger partial charge on any atom is -0.493 e. The second-order valence-electron chi connectivity index (χ2n) is 5.22. The van der Waals surface area contributed by atoms with Crippen molar-refractivity contribution in [3.05, 3.63) is 52.0 Å². The van der Waals surface area contributed by atoms with Crippen LogP contribution in [0.15, 0.2) is 30.3 Å². The first-order valence-electron chi connectivity index (χ1n) is 6.90. The molecule has 0 aromatic heterocycles. The summed E-state index contributed by atoms with van der Waals surface area (Å²) in [5.74, 6) is 1.50. The van der Waals surface area contributed by atoms with Gasteiger partial charge in [-0.3, -0.25) is 0 Å². The zero-order valence-electron chi connectivity index (χ0n) is 12.4. The molecule has 0 aliphatic carbocycles. The van der Waals surface area contributed by atoms with E-state index in [1.54, 1.807) is 14.2 Å². The summed E-state index contributed by atoms with van der Waals surface area (Å²) in [6.07, 6.45) is 0.947. The Bertz CT molecular complexity index is 685. The molecule has 0 saturated heterocycles. The van der Waals surface area contributed by atoms with Gasteiger partial charge in [-0.15, -0.1) is 0 Å². The van der Waals surface area contributed by atoms with Crippen LogP contribution in [-0.2, 0) is 6.42 Å². The van der Waals surface area contributed by atoms with E-state index in [9.17, 15) is 0 Å². The summed E-state index contributed by atoms with van der Waals surface area (Å²) in [6, 6.07) is 10.3. The maximum Gasteiger partial charge on any atom is 0.161 e. The summed E-state index contributed by atoms with van der Waals surface area (Å²) >= 11 is 6.20. The Labute approximate surface area is 129 Å². The summed E-state index contributed by atoms with van der Waals surface area (Å²) in [6.45, 7) is 2.05. The number of halogens is 1. The molecular weight excluding hydrogens is 286 g/mol. The van der Waals surface area contributed by atoms with E-state index in [4.69, 9.17) is 21.1 Å². The first-order chi connectivity index (χ1) is 10.1. The average molecular weight is 304 g/mol. The lowest BCUT2D eigenvalue weighted by molar-refractivity contribution is 0.354. The zero-order chi connectivity index (χ0) is 15.0. The molecule has 0 radical (unpaired) electrons. The molecule has 1 atom stereocenters. The normalized spacial score (nSPS) is 16.3. The van der Waals surface area contributed by atoms with Crippen molar-refractivity contribution >= 4 is 17.3 Å². The zero-order valence-corrected chi connectivity index (χ0v) is 13.1. The molecule has 4 heteroatoms. The second kappa shape index (κ2) is 5.49. The molecule has 2 aromatic rings. The van der Waals surface area contributed by atoms with Gasteiger partial charge in [-0.05, 0) is 48.2 Å². The fraction of sp³-hybridized carbons (Fsp3) is 0.294. The smallest absolute Gasteiger partial charge is 0.161 e. The second-order valence-corrected chi connectivity index (χ2v) is 5.63. The fourth-order valence-electron chi connectivity index (χ4n) is 2.83. The predicted octanol–water partition coefficient (Wildman–Crippen LogP) is 4.37. The van der Waals surface area contributed by atoms with Gasteiger partial charge in [0.05, 0.1) is 20.3 Å². The number of hydrogen-bond donors (Lipinski definition) is 1. The van der Waals surface area contributed by atoms with Gasteiger partial charge in [0.1, 0.15) is 0 Å². The van der Waals surface area contributed by atoms with Crippen molar-refractivity contribution in [2.75, 3.05) is 19.5 Å². The Balaban J connectivity index is 1.92. The lowest BCUT2D eigenvalue weighted by Gasteiger charge is -2.15. The third kappa shape index (κ3) is 2.42. The Morgan fingerprint density at radius 2 is 1.86 bits per heavy atom. The molecule has 1 aliphatic rings. The van der Waals surface area contributed by atoms with Crippen LogP contribution >= 0.6 is 11.6 Å². The third-order valence-electron chi connectivity index (χ3n) is 4.04. The van der Waals surface area contributed by atoms with Crippen LogP contribution in [0, 0.1) is 6.92 Å². The molecule has 3 rings (SSSR count). The van der Waals surface area contributed by atoms with Crippen LogP contribution in [0.3, 0.4) is 0 Å². The molecule has 1 aliphatic heterocycles. The summed E-state index contributed by atoms with van der Waals surface area (Å²) in [5.41, 5.74) is 4.75. The van der Waals surface area contributed by atoms with Crippen molar-refractivity contribution in [2.45, 2.75) is 19.4 Å². The topological polar surface area (TPSA) is 30.5 Å². The van der Waals surface area contributed by atoms with Crippen LogP contribution in [0.5, 0.6) is 11.5 Å². The molecule has 0 amide bonds. The van der Waals surface area contributed by atoms with Crippen LogP contribution < -0.4 is 14.8 Å². The van der Waals surface area contributed by atoms with Crippen LogP contribution in [0.2, 0.25) is 5.02 Å². The maximum atomic E-state index is 6.20. The molecule has 1 heterocycles. The standard InChI is InChI=1S/C17H18ClNO2/c1-10-13(18)6-4-12-8-14(19-17(10)12)11-5-7-15(20-2)16(9-11)21-3/h4-7,9,14,19H,8H2,1-3H3. The molecule has 1 unspecified atom stereocenters. The van der Waals surface area contributed by atoms with Gasteiger partial charge in [0, 0.05) is 10.7 Å². The van der Waals surface area contributed by atoms with Crippen LogP contribution in [-0.4, -0.2) is 14.2 Å². The van der Waals surface area contributed by atoms with E-state index in [0.717, 1.165) is 34.2 Å². The van der Waals surface area contributed by atoms with Gasteiger partial charge < -0.3 is 14.8 Å². The highest BCUT2D eigenvalue weighted by Crippen LogP contribution is 2.40. The monoisotopic (exact) mass is 303 g/mol. The van der Waals surface area contributed by atoms with E-state index in [1.807, 2.05) is 25.1 Å². The Hall–Kier alpha value is -1.87. The number of fused-ring (bicyclic) bond motifs is 1. The van der Waals surface area contributed by atoms with E-state index in [-0.39, 0.29) is 6.04 Å². The van der Waals surface area contributed by atoms with Crippen molar-refractivity contribution in [1.82, 2.24) is 0 Å². The molecule has 2 aromatic carbocycles. The van der Waals surface area contributed by atoms with E-state index >= 15 is 0 Å². The molecular formula is C17H18ClNO2. The molecule has 3 nitrogen and oxygen atoms in total. The van der Waals surface area contributed by atoms with Crippen molar-refractivity contribution in [2.24, 2.45) is 0 Å². The SMILES string of the molecule is COc1ccc(C2Cc3ccc(Cl)c(C)c3N2)cc1OC. The minimum atomic E-state index is 0.233. The summed E-state index contributed by atoms with van der Waals surface area (Å²) in [4.78, 5) is 0. The number of ether oxygens (including phenoxy) is 2. The number of benzene rings is 2. The van der Waals surface area contributed by atoms with Gasteiger partial charge in [0.25, 0.3) is 0 Å². The molecule has 0 saturated carbocycles. The summed E-state index contributed by atoms with van der Waals surface area (Å²) < 4.78 is 10.7. The third-order valence-corrected chi connectivity index (χ3v) is 4.45. The van der Waals surface area contributed by atoms with Gasteiger partial charge in [-0.2, -0.15) is 0 Å². The lowest BCUT2D eigenvalue weighted by atomic mass is 10.0. The maximum absolute atomic E-state index is 6.20. The van der Waals surface area contributed by atoms with Gasteiger partial charge >= 0.3 is 0 Å². The quantitative estimate of drug-likeness (QED) is 0.913. The van der Waals surface area contributed by atoms with Crippen molar-refractivity contribution in [3.63, 3.8) is 0 Å². The van der Waals surface area contributed by atoms with E-state index in [0.29, 0.717) is 0 Å². The number of methoxy groups -OCH3 is 2. The van der Waals surface area contributed by atoms with Crippen LogP contribution in [0.4, 0.5) is 5.69 Å². The van der Waals surface area contributed by atoms with Gasteiger partial charge in [-0.1, -0.05) is 23.7 Å².